The second-order valence-electron chi connectivity index (χ2n) is 5.61. The zero-order valence-corrected chi connectivity index (χ0v) is 13.5. The third-order valence-electron chi connectivity index (χ3n) is 3.60. The van der Waals surface area contributed by atoms with Gasteiger partial charge < -0.3 is 15.4 Å². The monoisotopic (exact) mass is 279 g/mol. The van der Waals surface area contributed by atoms with Crippen molar-refractivity contribution in [2.45, 2.75) is 52.6 Å². The molecule has 2 atom stereocenters. The number of anilines is 1. The van der Waals surface area contributed by atoms with E-state index in [9.17, 15) is 0 Å². The molecule has 1 heterocycles. The van der Waals surface area contributed by atoms with E-state index in [2.05, 4.69) is 36.7 Å². The zero-order valence-electron chi connectivity index (χ0n) is 13.5. The van der Waals surface area contributed by atoms with E-state index in [1.54, 1.807) is 7.11 Å². The summed E-state index contributed by atoms with van der Waals surface area (Å²) in [6.07, 6.45) is 3.91. The summed E-state index contributed by atoms with van der Waals surface area (Å²) < 4.78 is 5.22. The van der Waals surface area contributed by atoms with Gasteiger partial charge in [0.1, 0.15) is 5.82 Å². The van der Waals surface area contributed by atoms with Crippen LogP contribution in [0.5, 0.6) is 0 Å². The Hall–Kier alpha value is -1.13. The summed E-state index contributed by atoms with van der Waals surface area (Å²) in [5.41, 5.74) is 8.27. The van der Waals surface area contributed by atoms with Crippen molar-refractivity contribution in [3.63, 3.8) is 0 Å². The van der Waals surface area contributed by atoms with Crippen molar-refractivity contribution in [3.8, 4) is 0 Å². The molecule has 4 heteroatoms. The summed E-state index contributed by atoms with van der Waals surface area (Å²) in [6, 6.07) is 2.82. The normalized spacial score (nSPS) is 14.1. The second-order valence-corrected chi connectivity index (χ2v) is 5.61. The average Bonchev–Trinajstić information content (AvgIpc) is 2.40. The standard InChI is InChI=1S/C16H29N3O/c1-6-14(4)19(7-8-20-5)16-12(2)9-15(11-18-16)10-13(3)17/h9,11,13-14H,6-8,10,17H2,1-5H3. The molecule has 0 aliphatic rings. The molecule has 114 valence electrons. The summed E-state index contributed by atoms with van der Waals surface area (Å²) in [6.45, 7) is 10.2. The number of nitrogens with two attached hydrogens (primary N) is 1. The fourth-order valence-corrected chi connectivity index (χ4v) is 2.35. The number of hydrogen-bond donors (Lipinski definition) is 1. The van der Waals surface area contributed by atoms with E-state index in [1.165, 1.54) is 11.1 Å². The highest BCUT2D eigenvalue weighted by molar-refractivity contribution is 5.48. The van der Waals surface area contributed by atoms with E-state index in [0.29, 0.717) is 12.6 Å². The maximum atomic E-state index is 5.85. The highest BCUT2D eigenvalue weighted by Crippen LogP contribution is 2.21. The van der Waals surface area contributed by atoms with Crippen molar-refractivity contribution < 1.29 is 4.74 Å². The lowest BCUT2D eigenvalue weighted by Gasteiger charge is -2.31. The van der Waals surface area contributed by atoms with Gasteiger partial charge in [-0.2, -0.15) is 0 Å². The Kier molecular flexibility index (Phi) is 6.96. The smallest absolute Gasteiger partial charge is 0.131 e. The number of nitrogens with zero attached hydrogens (tertiary/aromatic N) is 2. The Balaban J connectivity index is 2.95. The Morgan fingerprint density at radius 3 is 2.60 bits per heavy atom. The first-order valence-corrected chi connectivity index (χ1v) is 7.46. The molecule has 1 aromatic rings. The maximum absolute atomic E-state index is 5.85. The summed E-state index contributed by atoms with van der Waals surface area (Å²) in [5.74, 6) is 1.06. The molecule has 1 rings (SSSR count). The number of hydrogen-bond acceptors (Lipinski definition) is 4. The summed E-state index contributed by atoms with van der Waals surface area (Å²) in [7, 11) is 1.74. The predicted octanol–water partition coefficient (Wildman–Crippen LogP) is 2.53. The highest BCUT2D eigenvalue weighted by atomic mass is 16.5. The van der Waals surface area contributed by atoms with Crippen LogP contribution in [0.25, 0.3) is 0 Å². The first-order valence-electron chi connectivity index (χ1n) is 7.46. The van der Waals surface area contributed by atoms with Crippen LogP contribution < -0.4 is 10.6 Å². The first-order chi connectivity index (χ1) is 9.49. The van der Waals surface area contributed by atoms with Gasteiger partial charge in [0.15, 0.2) is 0 Å². The van der Waals surface area contributed by atoms with Crippen LogP contribution in [0.2, 0.25) is 0 Å². The van der Waals surface area contributed by atoms with Crippen LogP contribution in [0, 0.1) is 6.92 Å². The molecule has 4 nitrogen and oxygen atoms in total. The van der Waals surface area contributed by atoms with Gasteiger partial charge in [-0.25, -0.2) is 4.98 Å². The van der Waals surface area contributed by atoms with Gasteiger partial charge in [-0.05, 0) is 44.7 Å². The maximum Gasteiger partial charge on any atom is 0.131 e. The van der Waals surface area contributed by atoms with Crippen molar-refractivity contribution in [1.29, 1.82) is 0 Å². The number of ether oxygens (including phenoxy) is 1. The second kappa shape index (κ2) is 8.22. The van der Waals surface area contributed by atoms with Crippen LogP contribution in [-0.2, 0) is 11.2 Å². The van der Waals surface area contributed by atoms with Crippen molar-refractivity contribution >= 4 is 5.82 Å². The van der Waals surface area contributed by atoms with Crippen molar-refractivity contribution in [3.05, 3.63) is 23.4 Å². The Bertz CT molecular complexity index is 407. The van der Waals surface area contributed by atoms with E-state index < -0.39 is 0 Å². The van der Waals surface area contributed by atoms with Crippen molar-refractivity contribution in [2.24, 2.45) is 5.73 Å². The fraction of sp³-hybridized carbons (Fsp3) is 0.688. The van der Waals surface area contributed by atoms with Gasteiger partial charge in [-0.3, -0.25) is 0 Å². The van der Waals surface area contributed by atoms with E-state index in [0.717, 1.165) is 25.2 Å². The number of rotatable bonds is 8. The molecule has 0 aromatic carbocycles. The van der Waals surface area contributed by atoms with Crippen LogP contribution in [-0.4, -0.2) is 37.3 Å². The number of aromatic nitrogens is 1. The molecule has 0 amide bonds. The zero-order chi connectivity index (χ0) is 15.1. The quantitative estimate of drug-likeness (QED) is 0.794. The molecule has 2 unspecified atom stereocenters. The third kappa shape index (κ3) is 4.76. The largest absolute Gasteiger partial charge is 0.383 e. The van der Waals surface area contributed by atoms with Crippen LogP contribution in [0.3, 0.4) is 0 Å². The lowest BCUT2D eigenvalue weighted by molar-refractivity contribution is 0.203. The van der Waals surface area contributed by atoms with Gasteiger partial charge in [0.2, 0.25) is 0 Å². The molecule has 20 heavy (non-hydrogen) atoms. The SMILES string of the molecule is CCC(C)N(CCOC)c1ncc(CC(C)N)cc1C. The highest BCUT2D eigenvalue weighted by Gasteiger charge is 2.16. The molecule has 0 aliphatic carbocycles. The minimum atomic E-state index is 0.168. The van der Waals surface area contributed by atoms with Gasteiger partial charge in [0.25, 0.3) is 0 Å². The Labute approximate surface area is 123 Å². The lowest BCUT2D eigenvalue weighted by atomic mass is 10.1. The summed E-state index contributed by atoms with van der Waals surface area (Å²) >= 11 is 0. The van der Waals surface area contributed by atoms with Crippen LogP contribution >= 0.6 is 0 Å². The Morgan fingerprint density at radius 2 is 2.10 bits per heavy atom. The molecule has 0 aliphatic heterocycles. The molecular formula is C16H29N3O. The van der Waals surface area contributed by atoms with Crippen molar-refractivity contribution in [2.75, 3.05) is 25.2 Å². The van der Waals surface area contributed by atoms with E-state index in [1.807, 2.05) is 13.1 Å². The minimum Gasteiger partial charge on any atom is -0.383 e. The van der Waals surface area contributed by atoms with Gasteiger partial charge in [0, 0.05) is 31.9 Å². The molecule has 0 saturated heterocycles. The summed E-state index contributed by atoms with van der Waals surface area (Å²) in [4.78, 5) is 7.00. The van der Waals surface area contributed by atoms with Gasteiger partial charge in [0.05, 0.1) is 6.61 Å². The molecule has 0 spiro atoms. The van der Waals surface area contributed by atoms with Crippen LogP contribution in [0.4, 0.5) is 5.82 Å². The van der Waals surface area contributed by atoms with E-state index in [4.69, 9.17) is 10.5 Å². The fourth-order valence-electron chi connectivity index (χ4n) is 2.35. The number of pyridine rings is 1. The van der Waals surface area contributed by atoms with Crippen molar-refractivity contribution in [1.82, 2.24) is 4.98 Å². The number of methoxy groups -OCH3 is 1. The topological polar surface area (TPSA) is 51.4 Å². The first kappa shape index (κ1) is 16.9. The minimum absolute atomic E-state index is 0.168. The lowest BCUT2D eigenvalue weighted by Crippen LogP contribution is -2.36. The Morgan fingerprint density at radius 1 is 1.40 bits per heavy atom. The average molecular weight is 279 g/mol. The molecular weight excluding hydrogens is 250 g/mol. The van der Waals surface area contributed by atoms with Gasteiger partial charge in [-0.15, -0.1) is 0 Å². The molecule has 1 aromatic heterocycles. The third-order valence-corrected chi connectivity index (χ3v) is 3.60. The molecule has 0 saturated carbocycles. The van der Waals surface area contributed by atoms with Crippen LogP contribution in [0.15, 0.2) is 12.3 Å². The summed E-state index contributed by atoms with van der Waals surface area (Å²) in [5, 5.41) is 0. The number of aryl methyl sites for hydroxylation is 1. The molecule has 0 fully saturated rings. The molecule has 0 radical (unpaired) electrons. The molecule has 0 bridgehead atoms. The predicted molar refractivity (Wildman–Crippen MR) is 85.3 cm³/mol. The van der Waals surface area contributed by atoms with E-state index >= 15 is 0 Å². The van der Waals surface area contributed by atoms with Crippen LogP contribution in [0.1, 0.15) is 38.3 Å². The van der Waals surface area contributed by atoms with Gasteiger partial charge in [-0.1, -0.05) is 13.0 Å². The van der Waals surface area contributed by atoms with Gasteiger partial charge >= 0.3 is 0 Å². The van der Waals surface area contributed by atoms with E-state index in [-0.39, 0.29) is 6.04 Å². The molecule has 2 N–H and O–H groups in total.